The minimum Gasteiger partial charge on any atom is -0.481 e. The molecule has 0 spiro atoms. The van der Waals surface area contributed by atoms with Crippen molar-refractivity contribution in [2.24, 2.45) is 11.8 Å². The lowest BCUT2D eigenvalue weighted by Crippen LogP contribution is -2.10. The summed E-state index contributed by atoms with van der Waals surface area (Å²) in [6.45, 7) is 8.79. The van der Waals surface area contributed by atoms with Crippen LogP contribution < -0.4 is 0 Å². The summed E-state index contributed by atoms with van der Waals surface area (Å²) in [4.78, 5) is 10.9. The molecule has 0 aromatic rings. The Kier molecular flexibility index (Phi) is 10.9. The SMILES string of the molecule is C=C/C(=C\C=C(/C)C(C)C(=O)O)CC1CCCC1.COP1OCCO1. The molecule has 0 amide bonds. The first-order chi connectivity index (χ1) is 12.0. The third kappa shape index (κ3) is 8.77. The van der Waals surface area contributed by atoms with E-state index in [0.29, 0.717) is 13.2 Å². The Hall–Kier alpha value is -1.00. The van der Waals surface area contributed by atoms with Gasteiger partial charge in [-0.25, -0.2) is 0 Å². The number of carboxylic acids is 1. The highest BCUT2D eigenvalue weighted by Crippen LogP contribution is 2.42. The number of aliphatic carboxylic acids is 1. The summed E-state index contributed by atoms with van der Waals surface area (Å²) >= 11 is 0. The van der Waals surface area contributed by atoms with Crippen LogP contribution in [0.3, 0.4) is 0 Å². The zero-order chi connectivity index (χ0) is 18.7. The van der Waals surface area contributed by atoms with E-state index < -0.39 is 20.5 Å². The smallest absolute Gasteiger partial charge is 0.332 e. The maximum atomic E-state index is 10.9. The van der Waals surface area contributed by atoms with E-state index in [4.69, 9.17) is 18.7 Å². The summed E-state index contributed by atoms with van der Waals surface area (Å²) in [5, 5.41) is 8.92. The summed E-state index contributed by atoms with van der Waals surface area (Å²) in [7, 11) is 0.637. The molecule has 0 aromatic heterocycles. The fourth-order valence-electron chi connectivity index (χ4n) is 2.71. The van der Waals surface area contributed by atoms with Crippen LogP contribution in [-0.2, 0) is 18.4 Å². The predicted octanol–water partition coefficient (Wildman–Crippen LogP) is 5.25. The van der Waals surface area contributed by atoms with Crippen LogP contribution in [0.2, 0.25) is 0 Å². The van der Waals surface area contributed by atoms with Gasteiger partial charge in [-0.15, -0.1) is 0 Å². The van der Waals surface area contributed by atoms with E-state index in [1.165, 1.54) is 31.3 Å². The van der Waals surface area contributed by atoms with Gasteiger partial charge in [0.05, 0.1) is 19.1 Å². The first kappa shape index (κ1) is 22.0. The number of carbonyl (C=O) groups is 1. The monoisotopic (exact) mass is 370 g/mol. The number of hydrogen-bond acceptors (Lipinski definition) is 4. The Bertz CT molecular complexity index is 474. The second-order valence-electron chi connectivity index (χ2n) is 6.34. The van der Waals surface area contributed by atoms with Crippen LogP contribution in [0, 0.1) is 11.8 Å². The van der Waals surface area contributed by atoms with Crippen LogP contribution in [-0.4, -0.2) is 31.4 Å². The molecule has 1 unspecified atom stereocenters. The molecule has 6 heteroatoms. The molecular formula is C19H31O5P. The summed E-state index contributed by atoms with van der Waals surface area (Å²) in [5.41, 5.74) is 2.10. The molecule has 2 fully saturated rings. The van der Waals surface area contributed by atoms with Gasteiger partial charge in [0.2, 0.25) is 0 Å². The zero-order valence-electron chi connectivity index (χ0n) is 15.6. The summed E-state index contributed by atoms with van der Waals surface area (Å²) in [5.74, 6) is -0.397. The van der Waals surface area contributed by atoms with Gasteiger partial charge in [0.1, 0.15) is 0 Å². The van der Waals surface area contributed by atoms with Crippen molar-refractivity contribution < 1.29 is 23.5 Å². The molecule has 1 aliphatic carbocycles. The van der Waals surface area contributed by atoms with Gasteiger partial charge in [0.15, 0.2) is 0 Å². The van der Waals surface area contributed by atoms with Crippen LogP contribution in [0.4, 0.5) is 0 Å². The maximum Gasteiger partial charge on any atom is 0.332 e. The third-order valence-electron chi connectivity index (χ3n) is 4.50. The topological polar surface area (TPSA) is 65.0 Å². The van der Waals surface area contributed by atoms with E-state index in [-0.39, 0.29) is 0 Å². The fraction of sp³-hybridized carbons (Fsp3) is 0.632. The van der Waals surface area contributed by atoms with Crippen LogP contribution in [0.5, 0.6) is 0 Å². The Morgan fingerprint density at radius 2 is 1.92 bits per heavy atom. The molecule has 2 rings (SSSR count). The molecule has 2 aliphatic rings. The number of rotatable bonds is 7. The third-order valence-corrected chi connectivity index (χ3v) is 5.59. The molecule has 0 radical (unpaired) electrons. The van der Waals surface area contributed by atoms with Gasteiger partial charge in [-0.05, 0) is 31.8 Å². The highest BCUT2D eigenvalue weighted by molar-refractivity contribution is 7.41. The second-order valence-corrected chi connectivity index (χ2v) is 7.67. The highest BCUT2D eigenvalue weighted by Gasteiger charge is 2.16. The van der Waals surface area contributed by atoms with Gasteiger partial charge in [-0.1, -0.05) is 56.1 Å². The Labute approximate surface area is 152 Å². The summed E-state index contributed by atoms with van der Waals surface area (Å²) < 4.78 is 14.6. The molecule has 142 valence electrons. The van der Waals surface area contributed by atoms with Crippen molar-refractivity contribution in [1.29, 1.82) is 0 Å². The Morgan fingerprint density at radius 1 is 1.32 bits per heavy atom. The molecule has 1 atom stereocenters. The van der Waals surface area contributed by atoms with Gasteiger partial charge < -0.3 is 18.7 Å². The lowest BCUT2D eigenvalue weighted by molar-refractivity contribution is -0.139. The largest absolute Gasteiger partial charge is 0.481 e. The van der Waals surface area contributed by atoms with Crippen LogP contribution in [0.15, 0.2) is 36.0 Å². The average molecular weight is 370 g/mol. The first-order valence-corrected chi connectivity index (χ1v) is 9.90. The second kappa shape index (κ2) is 12.4. The molecule has 25 heavy (non-hydrogen) atoms. The van der Waals surface area contributed by atoms with Gasteiger partial charge in [-0.2, -0.15) is 0 Å². The summed E-state index contributed by atoms with van der Waals surface area (Å²) in [6, 6.07) is 0. The first-order valence-electron chi connectivity index (χ1n) is 8.80. The summed E-state index contributed by atoms with van der Waals surface area (Å²) in [6.07, 6.45) is 12.3. The van der Waals surface area contributed by atoms with Crippen molar-refractivity contribution in [2.75, 3.05) is 20.3 Å². The number of allylic oxidation sites excluding steroid dienone is 4. The van der Waals surface area contributed by atoms with Crippen molar-refractivity contribution >= 4 is 14.6 Å². The van der Waals surface area contributed by atoms with E-state index in [0.717, 1.165) is 17.9 Å². The molecule has 1 saturated heterocycles. The highest BCUT2D eigenvalue weighted by atomic mass is 31.2. The lowest BCUT2D eigenvalue weighted by atomic mass is 9.96. The number of carboxylic acid groups (broad SMARTS) is 1. The zero-order valence-corrected chi connectivity index (χ0v) is 16.5. The van der Waals surface area contributed by atoms with Crippen molar-refractivity contribution in [3.8, 4) is 0 Å². The molecule has 1 heterocycles. The van der Waals surface area contributed by atoms with E-state index >= 15 is 0 Å². The van der Waals surface area contributed by atoms with E-state index in [1.807, 2.05) is 25.2 Å². The Morgan fingerprint density at radius 3 is 2.36 bits per heavy atom. The standard InChI is InChI=1S/C16H24O2.C3H7O3P/c1-4-14(11-15-7-5-6-8-15)10-9-12(2)13(3)16(17)18;1-4-7-5-2-3-6-7/h4,9-10,13,15H,1,5-8,11H2,2-3H3,(H,17,18);2-3H2,1H3/b12-9+,14-10+;. The molecule has 5 nitrogen and oxygen atoms in total. The van der Waals surface area contributed by atoms with Gasteiger partial charge >= 0.3 is 14.6 Å². The normalized spacial score (nSPS) is 20.9. The molecule has 1 saturated carbocycles. The van der Waals surface area contributed by atoms with E-state index in [1.54, 1.807) is 14.0 Å². The molecule has 0 aromatic carbocycles. The van der Waals surface area contributed by atoms with Gasteiger partial charge in [0, 0.05) is 7.11 Å². The minimum atomic E-state index is -0.943. The molecule has 0 bridgehead atoms. The van der Waals surface area contributed by atoms with E-state index in [9.17, 15) is 4.79 Å². The lowest BCUT2D eigenvalue weighted by Gasteiger charge is -2.09. The van der Waals surface area contributed by atoms with Crippen LogP contribution in [0.1, 0.15) is 46.0 Å². The minimum absolute atomic E-state index is 0.418. The number of hydrogen-bond donors (Lipinski definition) is 1. The van der Waals surface area contributed by atoms with Gasteiger partial charge in [-0.3, -0.25) is 4.79 Å². The van der Waals surface area contributed by atoms with Crippen molar-refractivity contribution in [3.63, 3.8) is 0 Å². The fourth-order valence-corrected chi connectivity index (χ4v) is 3.44. The quantitative estimate of drug-likeness (QED) is 0.490. The Balaban J connectivity index is 0.000000370. The van der Waals surface area contributed by atoms with Crippen LogP contribution >= 0.6 is 8.60 Å². The van der Waals surface area contributed by atoms with Crippen molar-refractivity contribution in [1.82, 2.24) is 0 Å². The van der Waals surface area contributed by atoms with Crippen molar-refractivity contribution in [2.45, 2.75) is 46.0 Å². The van der Waals surface area contributed by atoms with E-state index in [2.05, 4.69) is 6.58 Å². The van der Waals surface area contributed by atoms with Crippen LogP contribution in [0.25, 0.3) is 0 Å². The molecule has 1 N–H and O–H groups in total. The average Bonchev–Trinajstić information content (AvgIpc) is 3.31. The van der Waals surface area contributed by atoms with Gasteiger partial charge in [0.25, 0.3) is 0 Å². The molecular weight excluding hydrogens is 339 g/mol. The molecule has 1 aliphatic heterocycles. The van der Waals surface area contributed by atoms with Crippen molar-refractivity contribution in [3.05, 3.63) is 36.0 Å². The predicted molar refractivity (Wildman–Crippen MR) is 101 cm³/mol. The maximum absolute atomic E-state index is 10.9.